The highest BCUT2D eigenvalue weighted by Crippen LogP contribution is 2.26. The van der Waals surface area contributed by atoms with Gasteiger partial charge in [-0.3, -0.25) is 9.59 Å². The minimum atomic E-state index is -0.307. The number of amides is 2. The van der Waals surface area contributed by atoms with Crippen molar-refractivity contribution in [2.45, 2.75) is 58.4 Å². The lowest BCUT2D eigenvalue weighted by Crippen LogP contribution is -2.36. The molecule has 6 heteroatoms. The van der Waals surface area contributed by atoms with Gasteiger partial charge >= 0.3 is 0 Å². The lowest BCUT2D eigenvalue weighted by atomic mass is 9.95. The zero-order valence-corrected chi connectivity index (χ0v) is 19.8. The second-order valence-corrected chi connectivity index (χ2v) is 9.40. The second kappa shape index (κ2) is 11.3. The van der Waals surface area contributed by atoms with Crippen LogP contribution in [0.25, 0.3) is 0 Å². The summed E-state index contributed by atoms with van der Waals surface area (Å²) in [6.07, 6.45) is 6.44. The fourth-order valence-electron chi connectivity index (χ4n) is 3.70. The molecule has 0 unspecified atom stereocenters. The average molecular weight is 487 g/mol. The third-order valence-corrected chi connectivity index (χ3v) is 5.99. The van der Waals surface area contributed by atoms with Crippen molar-refractivity contribution in [3.05, 3.63) is 58.1 Å². The molecule has 0 aromatic heterocycles. The maximum absolute atomic E-state index is 13.1. The van der Waals surface area contributed by atoms with Gasteiger partial charge in [-0.15, -0.1) is 0 Å². The predicted molar refractivity (Wildman–Crippen MR) is 128 cm³/mol. The summed E-state index contributed by atoms with van der Waals surface area (Å²) in [4.78, 5) is 26.0. The summed E-state index contributed by atoms with van der Waals surface area (Å²) in [6, 6.07) is 12.7. The number of nitrogens with one attached hydrogen (secondary N) is 2. The molecule has 0 saturated heterocycles. The van der Waals surface area contributed by atoms with Crippen LogP contribution in [0, 0.1) is 5.92 Å². The van der Waals surface area contributed by atoms with Crippen molar-refractivity contribution < 1.29 is 14.3 Å². The zero-order valence-electron chi connectivity index (χ0n) is 18.2. The smallest absolute Gasteiger partial charge is 0.259 e. The first-order valence-electron chi connectivity index (χ1n) is 11.1. The molecule has 1 aliphatic rings. The Kier molecular flexibility index (Phi) is 8.52. The van der Waals surface area contributed by atoms with Gasteiger partial charge in [-0.25, -0.2) is 0 Å². The summed E-state index contributed by atoms with van der Waals surface area (Å²) in [6.45, 7) is 4.81. The number of hydrogen-bond acceptors (Lipinski definition) is 3. The Morgan fingerprint density at radius 3 is 2.52 bits per heavy atom. The largest absolute Gasteiger partial charge is 0.493 e. The second-order valence-electron chi connectivity index (χ2n) is 8.48. The molecule has 2 amide bonds. The highest BCUT2D eigenvalue weighted by Gasteiger charge is 2.20. The molecule has 31 heavy (non-hydrogen) atoms. The Labute approximate surface area is 193 Å². The van der Waals surface area contributed by atoms with Crippen LogP contribution in [0.2, 0.25) is 0 Å². The predicted octanol–water partition coefficient (Wildman–Crippen LogP) is 6.19. The van der Waals surface area contributed by atoms with E-state index in [0.717, 1.165) is 36.6 Å². The van der Waals surface area contributed by atoms with E-state index in [1.54, 1.807) is 24.3 Å². The van der Waals surface area contributed by atoms with E-state index in [0.29, 0.717) is 35.1 Å². The number of carbonyl (C=O) groups is 2. The Balaban J connectivity index is 1.75. The third kappa shape index (κ3) is 6.82. The number of carbonyl (C=O) groups excluding carboxylic acids is 2. The van der Waals surface area contributed by atoms with Crippen LogP contribution in [-0.2, 0) is 0 Å². The van der Waals surface area contributed by atoms with Gasteiger partial charge in [0.15, 0.2) is 0 Å². The van der Waals surface area contributed by atoms with Gasteiger partial charge in [-0.1, -0.05) is 61.2 Å². The first-order chi connectivity index (χ1) is 14.9. The van der Waals surface area contributed by atoms with Crippen LogP contribution in [0.4, 0.5) is 5.69 Å². The third-order valence-electron chi connectivity index (χ3n) is 5.50. The molecular formula is C25H31BrN2O3. The summed E-state index contributed by atoms with van der Waals surface area (Å²) >= 11 is 3.43. The van der Waals surface area contributed by atoms with Crippen molar-refractivity contribution >= 4 is 33.4 Å². The standard InChI is InChI=1S/C25H31BrN2O3/c1-17(2)14-15-31-23-13-12-18(26)16-21(23)25(30)28-22-11-7-6-10-20(22)24(29)27-19-8-4-3-5-9-19/h6-7,10-13,16-17,19H,3-5,8-9,14-15H2,1-2H3,(H,27,29)(H,28,30). The molecule has 0 bridgehead atoms. The van der Waals surface area contributed by atoms with Gasteiger partial charge in [-0.2, -0.15) is 0 Å². The first kappa shape index (κ1) is 23.3. The molecule has 2 aromatic rings. The number of hydrogen-bond donors (Lipinski definition) is 2. The van der Waals surface area contributed by atoms with Crippen LogP contribution in [0.15, 0.2) is 46.9 Å². The van der Waals surface area contributed by atoms with Gasteiger partial charge in [0.1, 0.15) is 5.75 Å². The van der Waals surface area contributed by atoms with Crippen LogP contribution in [0.3, 0.4) is 0 Å². The normalized spacial score (nSPS) is 14.3. The lowest BCUT2D eigenvalue weighted by Gasteiger charge is -2.23. The molecule has 1 saturated carbocycles. The van der Waals surface area contributed by atoms with E-state index in [2.05, 4.69) is 40.4 Å². The summed E-state index contributed by atoms with van der Waals surface area (Å²) in [7, 11) is 0. The summed E-state index contributed by atoms with van der Waals surface area (Å²) < 4.78 is 6.67. The number of halogens is 1. The Morgan fingerprint density at radius 2 is 1.77 bits per heavy atom. The molecule has 2 N–H and O–H groups in total. The molecule has 5 nitrogen and oxygen atoms in total. The molecule has 0 radical (unpaired) electrons. The molecule has 2 aromatic carbocycles. The molecule has 0 spiro atoms. The van der Waals surface area contributed by atoms with Gasteiger partial charge in [0.25, 0.3) is 11.8 Å². The molecule has 0 heterocycles. The van der Waals surface area contributed by atoms with E-state index < -0.39 is 0 Å². The van der Waals surface area contributed by atoms with Crippen molar-refractivity contribution in [2.75, 3.05) is 11.9 Å². The van der Waals surface area contributed by atoms with Crippen LogP contribution in [-0.4, -0.2) is 24.5 Å². The Bertz CT molecular complexity index is 907. The highest BCUT2D eigenvalue weighted by atomic mass is 79.9. The van der Waals surface area contributed by atoms with Gasteiger partial charge in [0, 0.05) is 10.5 Å². The molecule has 1 aliphatic carbocycles. The van der Waals surface area contributed by atoms with E-state index in [1.165, 1.54) is 6.42 Å². The number of ether oxygens (including phenoxy) is 1. The molecule has 166 valence electrons. The number of rotatable bonds is 8. The van der Waals surface area contributed by atoms with Gasteiger partial charge in [-0.05, 0) is 55.5 Å². The molecular weight excluding hydrogens is 456 g/mol. The van der Waals surface area contributed by atoms with Crippen molar-refractivity contribution in [1.29, 1.82) is 0 Å². The maximum atomic E-state index is 13.1. The van der Waals surface area contributed by atoms with E-state index >= 15 is 0 Å². The topological polar surface area (TPSA) is 67.4 Å². The Morgan fingerprint density at radius 1 is 1.03 bits per heavy atom. The SMILES string of the molecule is CC(C)CCOc1ccc(Br)cc1C(=O)Nc1ccccc1C(=O)NC1CCCCC1. The van der Waals surface area contributed by atoms with Crippen molar-refractivity contribution in [3.8, 4) is 5.75 Å². The quantitative estimate of drug-likeness (QED) is 0.467. The highest BCUT2D eigenvalue weighted by molar-refractivity contribution is 9.10. The maximum Gasteiger partial charge on any atom is 0.259 e. The van der Waals surface area contributed by atoms with E-state index in [4.69, 9.17) is 4.74 Å². The summed E-state index contributed by atoms with van der Waals surface area (Å²) in [5, 5.41) is 6.04. The van der Waals surface area contributed by atoms with Crippen molar-refractivity contribution in [2.24, 2.45) is 5.92 Å². The summed E-state index contributed by atoms with van der Waals surface area (Å²) in [5.74, 6) is 0.594. The van der Waals surface area contributed by atoms with Crippen LogP contribution < -0.4 is 15.4 Å². The van der Waals surface area contributed by atoms with Gasteiger partial charge in [0.05, 0.1) is 23.4 Å². The Hall–Kier alpha value is -2.34. The van der Waals surface area contributed by atoms with Crippen molar-refractivity contribution in [1.82, 2.24) is 5.32 Å². The minimum absolute atomic E-state index is 0.148. The molecule has 1 fully saturated rings. The van der Waals surface area contributed by atoms with Crippen molar-refractivity contribution in [3.63, 3.8) is 0 Å². The van der Waals surface area contributed by atoms with Crippen LogP contribution >= 0.6 is 15.9 Å². The van der Waals surface area contributed by atoms with E-state index in [1.807, 2.05) is 18.2 Å². The summed E-state index contributed by atoms with van der Waals surface area (Å²) in [5.41, 5.74) is 1.40. The van der Waals surface area contributed by atoms with E-state index in [-0.39, 0.29) is 17.9 Å². The average Bonchev–Trinajstić information content (AvgIpc) is 2.75. The molecule has 0 atom stereocenters. The fraction of sp³-hybridized carbons (Fsp3) is 0.440. The monoisotopic (exact) mass is 486 g/mol. The van der Waals surface area contributed by atoms with Gasteiger partial charge < -0.3 is 15.4 Å². The van der Waals surface area contributed by atoms with Crippen LogP contribution in [0.5, 0.6) is 5.75 Å². The first-order valence-corrected chi connectivity index (χ1v) is 11.9. The number of anilines is 1. The van der Waals surface area contributed by atoms with E-state index in [9.17, 15) is 9.59 Å². The molecule has 3 rings (SSSR count). The minimum Gasteiger partial charge on any atom is -0.493 e. The molecule has 0 aliphatic heterocycles. The zero-order chi connectivity index (χ0) is 22.2. The fourth-order valence-corrected chi connectivity index (χ4v) is 4.06. The number of benzene rings is 2. The lowest BCUT2D eigenvalue weighted by molar-refractivity contribution is 0.0928. The number of para-hydroxylation sites is 1. The van der Waals surface area contributed by atoms with Crippen LogP contribution in [0.1, 0.15) is 73.1 Å². The van der Waals surface area contributed by atoms with Gasteiger partial charge in [0.2, 0.25) is 0 Å².